The Morgan fingerprint density at radius 1 is 1.39 bits per heavy atom. The molecule has 4 atom stereocenters. The third kappa shape index (κ3) is 4.95. The third-order valence-electron chi connectivity index (χ3n) is 5.11. The Kier molecular flexibility index (Phi) is 6.65. The fourth-order valence-corrected chi connectivity index (χ4v) is 3.37. The molecule has 0 aromatic carbocycles. The van der Waals surface area contributed by atoms with Crippen molar-refractivity contribution in [3.8, 4) is 0 Å². The van der Waals surface area contributed by atoms with Crippen LogP contribution in [0.5, 0.6) is 0 Å². The van der Waals surface area contributed by atoms with Gasteiger partial charge in [-0.2, -0.15) is 0 Å². The van der Waals surface area contributed by atoms with E-state index in [1.165, 1.54) is 0 Å². The molecule has 0 aliphatic heterocycles. The first-order valence-electron chi connectivity index (χ1n) is 8.58. The van der Waals surface area contributed by atoms with E-state index in [2.05, 4.69) is 13.2 Å². The summed E-state index contributed by atoms with van der Waals surface area (Å²) in [5, 5.41) is 12.4. The number of amides is 1. The largest absolute Gasteiger partial charge is 0.480 e. The van der Waals surface area contributed by atoms with E-state index in [-0.39, 0.29) is 23.8 Å². The second-order valence-corrected chi connectivity index (χ2v) is 8.07. The highest BCUT2D eigenvalue weighted by Crippen LogP contribution is 2.37. The van der Waals surface area contributed by atoms with Gasteiger partial charge in [0.15, 0.2) is 0 Å². The normalized spacial score (nSPS) is 29.8. The highest BCUT2D eigenvalue weighted by Gasteiger charge is 2.46. The molecule has 0 aromatic heterocycles. The van der Waals surface area contributed by atoms with Crippen molar-refractivity contribution in [1.29, 1.82) is 0 Å². The summed E-state index contributed by atoms with van der Waals surface area (Å²) >= 11 is 0. The van der Waals surface area contributed by atoms with Gasteiger partial charge in [0.25, 0.3) is 0 Å². The van der Waals surface area contributed by atoms with E-state index < -0.39 is 17.6 Å². The van der Waals surface area contributed by atoms with Crippen LogP contribution in [0, 0.1) is 17.3 Å². The van der Waals surface area contributed by atoms with Gasteiger partial charge in [0, 0.05) is 12.5 Å². The number of carbonyl (C=O) groups excluding carboxylic acids is 1. The molecule has 0 unspecified atom stereocenters. The standard InChI is InChI=1S/C16H32BN3O3/c1-15(2,3)12(18)13(21)20-9-11-5-4-10(6-7-17)8-16(11,19)14(22)23/h10-12H,4-9,17-19H2,1-3H3,(H,20,21)(H,22,23)/t10-,11-,12+,16+/m0/s1. The summed E-state index contributed by atoms with van der Waals surface area (Å²) in [6, 6.07) is -0.629. The first kappa shape index (κ1) is 20.0. The molecule has 1 aliphatic carbocycles. The molecule has 6 nitrogen and oxygen atoms in total. The maximum absolute atomic E-state index is 12.2. The Balaban J connectivity index is 2.71. The molecule has 0 aromatic rings. The molecule has 0 heterocycles. The summed E-state index contributed by atoms with van der Waals surface area (Å²) in [6.07, 6.45) is 4.19. The van der Waals surface area contributed by atoms with Crippen LogP contribution < -0.4 is 16.8 Å². The Morgan fingerprint density at radius 2 is 2.00 bits per heavy atom. The number of hydrogen-bond donors (Lipinski definition) is 4. The average molecular weight is 325 g/mol. The smallest absolute Gasteiger partial charge is 0.324 e. The van der Waals surface area contributed by atoms with Crippen LogP contribution in [0.15, 0.2) is 0 Å². The molecule has 1 rings (SSSR count). The molecule has 0 spiro atoms. The van der Waals surface area contributed by atoms with Gasteiger partial charge in [-0.15, -0.1) is 0 Å². The number of carbonyl (C=O) groups is 2. The lowest BCUT2D eigenvalue weighted by molar-refractivity contribution is -0.148. The first-order valence-corrected chi connectivity index (χ1v) is 8.58. The zero-order chi connectivity index (χ0) is 17.8. The Morgan fingerprint density at radius 3 is 2.48 bits per heavy atom. The van der Waals surface area contributed by atoms with Crippen LogP contribution in [0.4, 0.5) is 0 Å². The Hall–Kier alpha value is -1.08. The van der Waals surface area contributed by atoms with E-state index in [0.717, 1.165) is 25.6 Å². The molecular weight excluding hydrogens is 293 g/mol. The molecule has 132 valence electrons. The quantitative estimate of drug-likeness (QED) is 0.517. The summed E-state index contributed by atoms with van der Waals surface area (Å²) < 4.78 is 0. The van der Waals surface area contributed by atoms with Crippen molar-refractivity contribution in [1.82, 2.24) is 5.32 Å². The van der Waals surface area contributed by atoms with Crippen molar-refractivity contribution in [3.05, 3.63) is 0 Å². The third-order valence-corrected chi connectivity index (χ3v) is 5.11. The van der Waals surface area contributed by atoms with Crippen molar-refractivity contribution in [2.24, 2.45) is 28.7 Å². The van der Waals surface area contributed by atoms with Gasteiger partial charge in [0.1, 0.15) is 13.4 Å². The van der Waals surface area contributed by atoms with E-state index in [4.69, 9.17) is 11.5 Å². The molecule has 0 radical (unpaired) electrons. The first-order chi connectivity index (χ1) is 10.5. The van der Waals surface area contributed by atoms with Gasteiger partial charge in [-0.3, -0.25) is 9.59 Å². The Labute approximate surface area is 140 Å². The van der Waals surface area contributed by atoms with Gasteiger partial charge in [0.2, 0.25) is 5.91 Å². The molecule has 23 heavy (non-hydrogen) atoms. The van der Waals surface area contributed by atoms with Crippen LogP contribution >= 0.6 is 0 Å². The number of hydrogen-bond acceptors (Lipinski definition) is 4. The number of carboxylic acids is 1. The topological polar surface area (TPSA) is 118 Å². The van der Waals surface area contributed by atoms with Crippen molar-refractivity contribution in [3.63, 3.8) is 0 Å². The van der Waals surface area contributed by atoms with Gasteiger partial charge in [-0.05, 0) is 30.6 Å². The van der Waals surface area contributed by atoms with Gasteiger partial charge >= 0.3 is 5.97 Å². The van der Waals surface area contributed by atoms with Crippen molar-refractivity contribution in [2.75, 3.05) is 6.54 Å². The van der Waals surface area contributed by atoms with Crippen molar-refractivity contribution < 1.29 is 14.7 Å². The summed E-state index contributed by atoms with van der Waals surface area (Å²) in [4.78, 5) is 23.9. The van der Waals surface area contributed by atoms with Crippen LogP contribution in [0.2, 0.25) is 6.32 Å². The minimum atomic E-state index is -1.27. The maximum Gasteiger partial charge on any atom is 0.324 e. The van der Waals surface area contributed by atoms with E-state index in [9.17, 15) is 14.7 Å². The number of nitrogens with two attached hydrogens (primary N) is 2. The van der Waals surface area contributed by atoms with Crippen LogP contribution in [0.25, 0.3) is 0 Å². The van der Waals surface area contributed by atoms with Crippen LogP contribution in [-0.2, 0) is 9.59 Å². The molecule has 0 saturated heterocycles. The number of rotatable bonds is 6. The van der Waals surface area contributed by atoms with E-state index >= 15 is 0 Å². The van der Waals surface area contributed by atoms with E-state index in [1.807, 2.05) is 20.8 Å². The zero-order valence-corrected chi connectivity index (χ0v) is 14.9. The molecule has 7 heteroatoms. The summed E-state index contributed by atoms with van der Waals surface area (Å²) in [5.74, 6) is -1.13. The second kappa shape index (κ2) is 7.66. The lowest BCUT2D eigenvalue weighted by atomic mass is 9.67. The monoisotopic (exact) mass is 325 g/mol. The number of aliphatic carboxylic acids is 1. The summed E-state index contributed by atoms with van der Waals surface area (Å²) in [5.41, 5.74) is 10.6. The van der Waals surface area contributed by atoms with Gasteiger partial charge < -0.3 is 21.9 Å². The molecule has 1 fully saturated rings. The molecule has 1 aliphatic rings. The van der Waals surface area contributed by atoms with Gasteiger partial charge in [-0.25, -0.2) is 0 Å². The van der Waals surface area contributed by atoms with Crippen LogP contribution in [0.1, 0.15) is 46.5 Å². The van der Waals surface area contributed by atoms with Crippen molar-refractivity contribution in [2.45, 2.75) is 64.4 Å². The molecule has 0 bridgehead atoms. The minimum Gasteiger partial charge on any atom is -0.480 e. The fourth-order valence-electron chi connectivity index (χ4n) is 3.37. The Bertz CT molecular complexity index is 439. The molecular formula is C16H32BN3O3. The van der Waals surface area contributed by atoms with E-state index in [0.29, 0.717) is 12.3 Å². The summed E-state index contributed by atoms with van der Waals surface area (Å²) in [6.45, 7) is 5.97. The SMILES string of the molecule is BCC[C@@H]1CC[C@@H](CNC(=O)[C@@H](N)C(C)(C)C)[C@@](N)(C(=O)O)C1. The zero-order valence-electron chi connectivity index (χ0n) is 14.9. The summed E-state index contributed by atoms with van der Waals surface area (Å²) in [7, 11) is 2.10. The highest BCUT2D eigenvalue weighted by molar-refractivity contribution is 6.08. The van der Waals surface area contributed by atoms with Crippen molar-refractivity contribution >= 4 is 19.7 Å². The molecule has 6 N–H and O–H groups in total. The fraction of sp³-hybridized carbons (Fsp3) is 0.875. The van der Waals surface area contributed by atoms with Gasteiger partial charge in [0.05, 0.1) is 6.04 Å². The maximum atomic E-state index is 12.2. The highest BCUT2D eigenvalue weighted by atomic mass is 16.4. The lowest BCUT2D eigenvalue weighted by Crippen LogP contribution is -2.61. The predicted octanol–water partition coefficient (Wildman–Crippen LogP) is 0.116. The minimum absolute atomic E-state index is 0.249. The number of carboxylic acid groups (broad SMARTS) is 1. The van der Waals surface area contributed by atoms with E-state index in [1.54, 1.807) is 0 Å². The average Bonchev–Trinajstić information content (AvgIpc) is 2.44. The molecule has 1 amide bonds. The lowest BCUT2D eigenvalue weighted by Gasteiger charge is -2.41. The van der Waals surface area contributed by atoms with Crippen LogP contribution in [-0.4, -0.2) is 43.0 Å². The predicted molar refractivity (Wildman–Crippen MR) is 93.8 cm³/mol. The molecule has 1 saturated carbocycles. The van der Waals surface area contributed by atoms with Gasteiger partial charge in [-0.1, -0.05) is 33.5 Å². The van der Waals surface area contributed by atoms with Crippen LogP contribution in [0.3, 0.4) is 0 Å². The second-order valence-electron chi connectivity index (χ2n) is 8.07. The number of nitrogens with one attached hydrogen (secondary N) is 1.